The molecular formula is C36H43N3O6. The van der Waals surface area contributed by atoms with Gasteiger partial charge >= 0.3 is 12.1 Å². The molecule has 0 spiro atoms. The summed E-state index contributed by atoms with van der Waals surface area (Å²) in [6.45, 7) is 13.3. The van der Waals surface area contributed by atoms with E-state index in [2.05, 4.69) is 10.4 Å². The summed E-state index contributed by atoms with van der Waals surface area (Å²) in [6, 6.07) is 20.8. The van der Waals surface area contributed by atoms with Gasteiger partial charge in [-0.15, -0.1) is 0 Å². The predicted octanol–water partition coefficient (Wildman–Crippen LogP) is 6.86. The number of benzene rings is 3. The molecule has 1 N–H and O–H groups in total. The Balaban J connectivity index is 1.65. The zero-order chi connectivity index (χ0) is 32.7. The molecule has 0 aliphatic rings. The third kappa shape index (κ3) is 8.94. The minimum absolute atomic E-state index is 0.0379. The van der Waals surface area contributed by atoms with Crippen LogP contribution >= 0.6 is 0 Å². The number of rotatable bonds is 11. The maximum atomic E-state index is 13.6. The standard InChI is InChI=1S/C36H43N3O6/c1-8-43-33(41)19-17-29-28-21-25(15-18-30(28)39(38-29)35(42)45-36(5,6)7)22-32(40)37-34(26-12-10-9-11-13-26)27-16-14-24(4)20-31(27)44-23(2)3/h9-16,18,20-21,23,34H,8,17,19,22H2,1-7H3,(H,37,40). The highest BCUT2D eigenvalue weighted by Gasteiger charge is 2.24. The molecule has 238 valence electrons. The number of aromatic nitrogens is 2. The van der Waals surface area contributed by atoms with E-state index in [9.17, 15) is 14.4 Å². The van der Waals surface area contributed by atoms with Crippen LogP contribution in [0.15, 0.2) is 66.7 Å². The average Bonchev–Trinajstić information content (AvgIpc) is 3.33. The van der Waals surface area contributed by atoms with E-state index in [1.165, 1.54) is 4.68 Å². The van der Waals surface area contributed by atoms with E-state index in [1.807, 2.05) is 75.4 Å². The molecule has 1 heterocycles. The number of nitrogens with zero attached hydrogens (tertiary/aromatic N) is 2. The molecule has 45 heavy (non-hydrogen) atoms. The Bertz CT molecular complexity index is 1650. The van der Waals surface area contributed by atoms with Gasteiger partial charge in [0.05, 0.1) is 42.8 Å². The van der Waals surface area contributed by atoms with Crippen LogP contribution in [0.2, 0.25) is 0 Å². The SMILES string of the molecule is CCOC(=O)CCc1nn(C(=O)OC(C)(C)C)c2ccc(CC(=O)NC(c3ccccc3)c3ccc(C)cc3OC(C)C)cc12. The molecule has 1 aromatic heterocycles. The van der Waals surface area contributed by atoms with Crippen molar-refractivity contribution >= 4 is 28.9 Å². The molecule has 9 nitrogen and oxygen atoms in total. The van der Waals surface area contributed by atoms with Gasteiger partial charge in [0.2, 0.25) is 5.91 Å². The van der Waals surface area contributed by atoms with Crippen molar-refractivity contribution in [2.24, 2.45) is 0 Å². The molecule has 0 saturated carbocycles. The number of hydrogen-bond acceptors (Lipinski definition) is 7. The van der Waals surface area contributed by atoms with Crippen LogP contribution in [-0.2, 0) is 31.9 Å². The van der Waals surface area contributed by atoms with Crippen molar-refractivity contribution in [2.45, 2.75) is 85.5 Å². The molecule has 0 saturated heterocycles. The highest BCUT2D eigenvalue weighted by molar-refractivity contribution is 5.91. The van der Waals surface area contributed by atoms with E-state index < -0.39 is 17.7 Å². The summed E-state index contributed by atoms with van der Waals surface area (Å²) in [5.41, 5.74) is 3.95. The number of hydrogen-bond donors (Lipinski definition) is 1. The molecule has 0 aliphatic heterocycles. The number of ether oxygens (including phenoxy) is 3. The van der Waals surface area contributed by atoms with Crippen molar-refractivity contribution < 1.29 is 28.6 Å². The summed E-state index contributed by atoms with van der Waals surface area (Å²) < 4.78 is 18.0. The molecule has 0 bridgehead atoms. The average molecular weight is 614 g/mol. The smallest absolute Gasteiger partial charge is 0.435 e. The van der Waals surface area contributed by atoms with Gasteiger partial charge in [-0.3, -0.25) is 9.59 Å². The lowest BCUT2D eigenvalue weighted by Gasteiger charge is -2.24. The topological polar surface area (TPSA) is 109 Å². The highest BCUT2D eigenvalue weighted by Crippen LogP contribution is 2.32. The number of carbonyl (C=O) groups is 3. The fraction of sp³-hybridized carbons (Fsp3) is 0.389. The Hall–Kier alpha value is -4.66. The Morgan fingerprint density at radius 3 is 2.38 bits per heavy atom. The van der Waals surface area contributed by atoms with Gasteiger partial charge in [0.25, 0.3) is 0 Å². The summed E-state index contributed by atoms with van der Waals surface area (Å²) in [5.74, 6) is 0.185. The zero-order valence-corrected chi connectivity index (χ0v) is 27.2. The van der Waals surface area contributed by atoms with E-state index in [0.717, 1.165) is 28.0 Å². The second-order valence-electron chi connectivity index (χ2n) is 12.3. The number of fused-ring (bicyclic) bond motifs is 1. The number of amides is 1. The lowest BCUT2D eigenvalue weighted by atomic mass is 9.96. The Labute approximate surface area is 264 Å². The summed E-state index contributed by atoms with van der Waals surface area (Å²) in [4.78, 5) is 38.8. The molecule has 0 aliphatic carbocycles. The first kappa shape index (κ1) is 33.2. The number of aryl methyl sites for hydroxylation is 2. The van der Waals surface area contributed by atoms with E-state index in [0.29, 0.717) is 16.6 Å². The molecule has 3 aromatic carbocycles. The summed E-state index contributed by atoms with van der Waals surface area (Å²) in [6.07, 6.45) is -0.203. The van der Waals surface area contributed by atoms with Crippen LogP contribution in [0.25, 0.3) is 10.9 Å². The fourth-order valence-corrected chi connectivity index (χ4v) is 5.04. The number of nitrogens with one attached hydrogen (secondary N) is 1. The first-order valence-electron chi connectivity index (χ1n) is 15.4. The van der Waals surface area contributed by atoms with Gasteiger partial charge in [-0.25, -0.2) is 4.79 Å². The summed E-state index contributed by atoms with van der Waals surface area (Å²) >= 11 is 0. The van der Waals surface area contributed by atoms with Crippen LogP contribution in [0.4, 0.5) is 4.79 Å². The van der Waals surface area contributed by atoms with Gasteiger partial charge in [-0.1, -0.05) is 48.5 Å². The molecule has 4 rings (SSSR count). The zero-order valence-electron chi connectivity index (χ0n) is 27.2. The molecule has 1 amide bonds. The van der Waals surface area contributed by atoms with Gasteiger partial charge in [0, 0.05) is 17.4 Å². The van der Waals surface area contributed by atoms with Crippen LogP contribution in [0.5, 0.6) is 5.75 Å². The number of carbonyl (C=O) groups excluding carboxylic acids is 3. The van der Waals surface area contributed by atoms with Gasteiger partial charge in [-0.05, 0) is 83.4 Å². The summed E-state index contributed by atoms with van der Waals surface area (Å²) in [5, 5.41) is 8.40. The van der Waals surface area contributed by atoms with Crippen molar-refractivity contribution in [3.8, 4) is 5.75 Å². The molecule has 0 radical (unpaired) electrons. The first-order valence-corrected chi connectivity index (χ1v) is 15.4. The van der Waals surface area contributed by atoms with Gasteiger partial charge in [0.15, 0.2) is 0 Å². The maximum absolute atomic E-state index is 13.6. The molecule has 1 unspecified atom stereocenters. The van der Waals surface area contributed by atoms with E-state index >= 15 is 0 Å². The Morgan fingerprint density at radius 2 is 1.71 bits per heavy atom. The van der Waals surface area contributed by atoms with Crippen LogP contribution in [0, 0.1) is 6.92 Å². The van der Waals surface area contributed by atoms with E-state index in [1.54, 1.807) is 39.8 Å². The molecule has 4 aromatic rings. The van der Waals surface area contributed by atoms with Gasteiger partial charge in [-0.2, -0.15) is 9.78 Å². The van der Waals surface area contributed by atoms with E-state index in [-0.39, 0.29) is 43.8 Å². The second-order valence-corrected chi connectivity index (χ2v) is 12.3. The van der Waals surface area contributed by atoms with Crippen molar-refractivity contribution in [3.05, 3.63) is 94.7 Å². The molecule has 9 heteroatoms. The Kier molecular flexibility index (Phi) is 10.6. The van der Waals surface area contributed by atoms with Gasteiger partial charge < -0.3 is 19.5 Å². The lowest BCUT2D eigenvalue weighted by Crippen LogP contribution is -2.31. The molecule has 1 atom stereocenters. The number of esters is 1. The van der Waals surface area contributed by atoms with Crippen LogP contribution < -0.4 is 10.1 Å². The predicted molar refractivity (Wildman–Crippen MR) is 173 cm³/mol. The van der Waals surface area contributed by atoms with Crippen LogP contribution in [0.3, 0.4) is 0 Å². The van der Waals surface area contributed by atoms with Crippen molar-refractivity contribution in [1.82, 2.24) is 15.1 Å². The van der Waals surface area contributed by atoms with Crippen LogP contribution in [0.1, 0.15) is 82.0 Å². The second kappa shape index (κ2) is 14.4. The minimum Gasteiger partial charge on any atom is -0.491 e. The highest BCUT2D eigenvalue weighted by atomic mass is 16.6. The monoisotopic (exact) mass is 613 g/mol. The third-order valence-corrected chi connectivity index (χ3v) is 6.90. The van der Waals surface area contributed by atoms with E-state index in [4.69, 9.17) is 14.2 Å². The minimum atomic E-state index is -0.717. The third-order valence-electron chi connectivity index (χ3n) is 6.90. The lowest BCUT2D eigenvalue weighted by molar-refractivity contribution is -0.143. The quantitative estimate of drug-likeness (QED) is 0.184. The Morgan fingerprint density at radius 1 is 0.978 bits per heavy atom. The van der Waals surface area contributed by atoms with Crippen molar-refractivity contribution in [3.63, 3.8) is 0 Å². The van der Waals surface area contributed by atoms with Crippen molar-refractivity contribution in [1.29, 1.82) is 0 Å². The first-order chi connectivity index (χ1) is 21.3. The molecular weight excluding hydrogens is 570 g/mol. The normalized spacial score (nSPS) is 12.2. The summed E-state index contributed by atoms with van der Waals surface area (Å²) in [7, 11) is 0. The fourth-order valence-electron chi connectivity index (χ4n) is 5.04. The maximum Gasteiger partial charge on any atom is 0.435 e. The van der Waals surface area contributed by atoms with Gasteiger partial charge in [0.1, 0.15) is 11.4 Å². The van der Waals surface area contributed by atoms with Crippen LogP contribution in [-0.4, -0.2) is 46.1 Å². The molecule has 0 fully saturated rings. The van der Waals surface area contributed by atoms with Crippen molar-refractivity contribution in [2.75, 3.05) is 6.61 Å². The largest absolute Gasteiger partial charge is 0.491 e.